The number of hydrogen-bond donors (Lipinski definition) is 3. The van der Waals surface area contributed by atoms with E-state index in [2.05, 4.69) is 17.4 Å². The number of nitrogens with two attached hydrogens (primary N) is 1. The molecule has 2 aliphatic rings. The van der Waals surface area contributed by atoms with Gasteiger partial charge in [-0.05, 0) is 43.6 Å². The van der Waals surface area contributed by atoms with Crippen LogP contribution in [0.15, 0.2) is 30.3 Å². The molecule has 1 aromatic carbocycles. The van der Waals surface area contributed by atoms with E-state index in [1.165, 1.54) is 5.56 Å². The Labute approximate surface area is 119 Å². The number of benzene rings is 1. The van der Waals surface area contributed by atoms with Crippen molar-refractivity contribution in [2.75, 3.05) is 0 Å². The Morgan fingerprint density at radius 1 is 1.35 bits per heavy atom. The van der Waals surface area contributed by atoms with Crippen molar-refractivity contribution in [2.24, 2.45) is 11.7 Å². The monoisotopic (exact) mass is 274 g/mol. The van der Waals surface area contributed by atoms with Gasteiger partial charge in [-0.3, -0.25) is 4.79 Å². The molecule has 1 amide bonds. The number of aliphatic hydroxyl groups excluding tert-OH is 1. The zero-order valence-corrected chi connectivity index (χ0v) is 11.6. The summed E-state index contributed by atoms with van der Waals surface area (Å²) in [5.74, 6) is 0.330. The van der Waals surface area contributed by atoms with E-state index in [1.54, 1.807) is 0 Å². The van der Waals surface area contributed by atoms with E-state index < -0.39 is 5.54 Å². The number of nitrogens with one attached hydrogen (secondary N) is 1. The fourth-order valence-electron chi connectivity index (χ4n) is 2.84. The molecule has 0 heterocycles. The van der Waals surface area contributed by atoms with Crippen LogP contribution in [0.4, 0.5) is 0 Å². The van der Waals surface area contributed by atoms with Crippen LogP contribution in [0.5, 0.6) is 0 Å². The molecule has 4 N–H and O–H groups in total. The molecule has 4 nitrogen and oxygen atoms in total. The van der Waals surface area contributed by atoms with Crippen molar-refractivity contribution < 1.29 is 9.90 Å². The Balaban J connectivity index is 1.66. The predicted octanol–water partition coefficient (Wildman–Crippen LogP) is 0.976. The van der Waals surface area contributed by atoms with Gasteiger partial charge >= 0.3 is 0 Å². The Kier molecular flexibility index (Phi) is 3.52. The number of rotatable bonds is 5. The van der Waals surface area contributed by atoms with Crippen LogP contribution >= 0.6 is 0 Å². The molecule has 2 saturated carbocycles. The second-order valence-electron chi connectivity index (χ2n) is 6.31. The van der Waals surface area contributed by atoms with Crippen molar-refractivity contribution in [3.05, 3.63) is 35.9 Å². The Bertz CT molecular complexity index is 479. The summed E-state index contributed by atoms with van der Waals surface area (Å²) in [5.41, 5.74) is 6.54. The molecule has 0 aromatic heterocycles. The van der Waals surface area contributed by atoms with Crippen LogP contribution in [0.3, 0.4) is 0 Å². The second-order valence-corrected chi connectivity index (χ2v) is 6.31. The fraction of sp³-hybridized carbons (Fsp3) is 0.562. The highest BCUT2D eigenvalue weighted by molar-refractivity contribution is 5.89. The van der Waals surface area contributed by atoms with Crippen LogP contribution in [0.2, 0.25) is 0 Å². The van der Waals surface area contributed by atoms with E-state index in [1.807, 2.05) is 18.2 Å². The number of carbonyl (C=O) groups is 1. The largest absolute Gasteiger partial charge is 0.393 e. The molecule has 2 aliphatic carbocycles. The van der Waals surface area contributed by atoms with Gasteiger partial charge in [0.1, 0.15) is 0 Å². The van der Waals surface area contributed by atoms with E-state index in [0.717, 1.165) is 32.1 Å². The second kappa shape index (κ2) is 5.19. The maximum atomic E-state index is 12.2. The summed E-state index contributed by atoms with van der Waals surface area (Å²) in [4.78, 5) is 12.2. The molecule has 0 unspecified atom stereocenters. The normalized spacial score (nSPS) is 28.3. The summed E-state index contributed by atoms with van der Waals surface area (Å²) in [6, 6.07) is 10.2. The average Bonchev–Trinajstić information content (AvgIpc) is 3.15. The minimum Gasteiger partial charge on any atom is -0.393 e. The number of carbonyl (C=O) groups excluding carboxylic acids is 1. The smallest absolute Gasteiger partial charge is 0.240 e. The van der Waals surface area contributed by atoms with Crippen LogP contribution in [0.25, 0.3) is 0 Å². The van der Waals surface area contributed by atoms with Gasteiger partial charge in [-0.15, -0.1) is 0 Å². The van der Waals surface area contributed by atoms with Crippen LogP contribution < -0.4 is 11.1 Å². The van der Waals surface area contributed by atoms with Gasteiger partial charge in [0.15, 0.2) is 0 Å². The first-order valence-electron chi connectivity index (χ1n) is 7.39. The lowest BCUT2D eigenvalue weighted by molar-refractivity contribution is -0.125. The first-order chi connectivity index (χ1) is 9.57. The maximum Gasteiger partial charge on any atom is 0.240 e. The molecule has 0 radical (unpaired) electrons. The third-order valence-electron chi connectivity index (χ3n) is 4.57. The average molecular weight is 274 g/mol. The number of hydrogen-bond acceptors (Lipinski definition) is 3. The van der Waals surface area contributed by atoms with E-state index in [4.69, 9.17) is 5.73 Å². The van der Waals surface area contributed by atoms with E-state index in [0.29, 0.717) is 5.92 Å². The molecular weight excluding hydrogens is 252 g/mol. The molecular formula is C16H22N2O2. The third kappa shape index (κ3) is 2.86. The number of aliphatic hydroxyl groups is 1. The molecule has 0 saturated heterocycles. The highest BCUT2D eigenvalue weighted by Gasteiger charge is 2.47. The Hall–Kier alpha value is -1.39. The lowest BCUT2D eigenvalue weighted by atomic mass is 9.75. The van der Waals surface area contributed by atoms with Gasteiger partial charge in [-0.25, -0.2) is 0 Å². The van der Waals surface area contributed by atoms with Crippen LogP contribution in [-0.4, -0.2) is 28.7 Å². The van der Waals surface area contributed by atoms with Crippen LogP contribution in [0.1, 0.15) is 31.2 Å². The number of amides is 1. The zero-order chi connectivity index (χ0) is 14.2. The Morgan fingerprint density at radius 3 is 2.55 bits per heavy atom. The molecule has 0 bridgehead atoms. The lowest BCUT2D eigenvalue weighted by Gasteiger charge is -2.38. The van der Waals surface area contributed by atoms with E-state index >= 15 is 0 Å². The first-order valence-corrected chi connectivity index (χ1v) is 7.39. The van der Waals surface area contributed by atoms with Gasteiger partial charge in [-0.2, -0.15) is 0 Å². The van der Waals surface area contributed by atoms with E-state index in [-0.39, 0.29) is 18.1 Å². The van der Waals surface area contributed by atoms with Crippen molar-refractivity contribution in [3.63, 3.8) is 0 Å². The van der Waals surface area contributed by atoms with Crippen LogP contribution in [-0.2, 0) is 11.2 Å². The molecule has 20 heavy (non-hydrogen) atoms. The van der Waals surface area contributed by atoms with Gasteiger partial charge in [0.2, 0.25) is 5.91 Å². The summed E-state index contributed by atoms with van der Waals surface area (Å²) >= 11 is 0. The summed E-state index contributed by atoms with van der Waals surface area (Å²) in [6.45, 7) is 0. The summed E-state index contributed by atoms with van der Waals surface area (Å²) in [5, 5.41) is 12.6. The van der Waals surface area contributed by atoms with Crippen molar-refractivity contribution in [1.82, 2.24) is 5.32 Å². The molecule has 108 valence electrons. The maximum absolute atomic E-state index is 12.2. The predicted molar refractivity (Wildman–Crippen MR) is 77.0 cm³/mol. The van der Waals surface area contributed by atoms with Crippen molar-refractivity contribution >= 4 is 5.91 Å². The van der Waals surface area contributed by atoms with Crippen molar-refractivity contribution in [3.8, 4) is 0 Å². The minimum absolute atomic E-state index is 0.0279. The molecule has 3 rings (SSSR count). The van der Waals surface area contributed by atoms with Crippen LogP contribution in [0, 0.1) is 5.92 Å². The quantitative estimate of drug-likeness (QED) is 0.749. The van der Waals surface area contributed by atoms with Gasteiger partial charge in [0, 0.05) is 6.04 Å². The molecule has 1 aromatic rings. The SMILES string of the molecule is NC1(C(=O)N[C@@H](Cc2ccccc2)C2CC(O)C2)CC1. The van der Waals surface area contributed by atoms with Gasteiger partial charge in [0.05, 0.1) is 11.6 Å². The van der Waals surface area contributed by atoms with Crippen molar-refractivity contribution in [1.29, 1.82) is 0 Å². The molecule has 1 atom stereocenters. The molecule has 4 heteroatoms. The van der Waals surface area contributed by atoms with E-state index in [9.17, 15) is 9.90 Å². The summed E-state index contributed by atoms with van der Waals surface area (Å²) in [7, 11) is 0. The lowest BCUT2D eigenvalue weighted by Crippen LogP contribution is -2.53. The van der Waals surface area contributed by atoms with Gasteiger partial charge in [0.25, 0.3) is 0 Å². The fourth-order valence-corrected chi connectivity index (χ4v) is 2.84. The first kappa shape index (κ1) is 13.6. The van der Waals surface area contributed by atoms with Gasteiger partial charge < -0.3 is 16.2 Å². The van der Waals surface area contributed by atoms with Gasteiger partial charge in [-0.1, -0.05) is 30.3 Å². The topological polar surface area (TPSA) is 75.4 Å². The highest BCUT2D eigenvalue weighted by Crippen LogP contribution is 2.35. The standard InChI is InChI=1S/C16H22N2O2/c17-16(6-7-16)15(20)18-14(12-9-13(19)10-12)8-11-4-2-1-3-5-11/h1-5,12-14,19H,6-10,17H2,(H,18,20)/t12?,13?,14-/m0/s1. The summed E-state index contributed by atoms with van der Waals surface area (Å²) in [6.07, 6.45) is 3.71. The molecule has 0 spiro atoms. The Morgan fingerprint density at radius 2 is 2.00 bits per heavy atom. The highest BCUT2D eigenvalue weighted by atomic mass is 16.3. The third-order valence-corrected chi connectivity index (χ3v) is 4.57. The van der Waals surface area contributed by atoms with Crippen molar-refractivity contribution in [2.45, 2.75) is 49.8 Å². The zero-order valence-electron chi connectivity index (χ0n) is 11.6. The summed E-state index contributed by atoms with van der Waals surface area (Å²) < 4.78 is 0. The minimum atomic E-state index is -0.628. The molecule has 0 aliphatic heterocycles. The molecule has 2 fully saturated rings.